The quantitative estimate of drug-likeness (QED) is 0.455. The third-order valence-corrected chi connectivity index (χ3v) is 4.18. The molecule has 0 aliphatic rings. The lowest BCUT2D eigenvalue weighted by molar-refractivity contribution is -0.274. The van der Waals surface area contributed by atoms with Crippen LogP contribution >= 0.6 is 0 Å². The number of aliphatic imine (C=N–C) groups is 1. The number of halogens is 3. The minimum atomic E-state index is -4.77. The molecule has 170 valence electrons. The topological polar surface area (TPSA) is 73.3 Å². The zero-order valence-electron chi connectivity index (χ0n) is 17.8. The third-order valence-electron chi connectivity index (χ3n) is 4.18. The summed E-state index contributed by atoms with van der Waals surface area (Å²) < 4.78 is 58.1. The molecule has 0 aliphatic heterocycles. The van der Waals surface area contributed by atoms with Gasteiger partial charge < -0.3 is 29.6 Å². The number of rotatable bonds is 9. The van der Waals surface area contributed by atoms with E-state index in [1.807, 2.05) is 6.92 Å². The van der Waals surface area contributed by atoms with Crippen molar-refractivity contribution in [3.63, 3.8) is 0 Å². The van der Waals surface area contributed by atoms with Crippen LogP contribution in [0.4, 0.5) is 13.2 Å². The Morgan fingerprint density at radius 3 is 2.19 bits per heavy atom. The van der Waals surface area contributed by atoms with E-state index < -0.39 is 6.36 Å². The fraction of sp³-hybridized carbons (Fsp3) is 0.381. The molecule has 2 aromatic carbocycles. The Kier molecular flexibility index (Phi) is 8.65. The maximum Gasteiger partial charge on any atom is 0.573 e. The van der Waals surface area contributed by atoms with Crippen LogP contribution in [0, 0.1) is 0 Å². The summed E-state index contributed by atoms with van der Waals surface area (Å²) in [7, 11) is 4.56. The van der Waals surface area contributed by atoms with E-state index in [4.69, 9.17) is 14.2 Å². The molecule has 7 nitrogen and oxygen atoms in total. The fourth-order valence-electron chi connectivity index (χ4n) is 2.85. The molecule has 0 aliphatic carbocycles. The molecule has 0 unspecified atom stereocenters. The monoisotopic (exact) mass is 441 g/mol. The summed E-state index contributed by atoms with van der Waals surface area (Å²) >= 11 is 0. The van der Waals surface area contributed by atoms with Crippen molar-refractivity contribution >= 4 is 5.96 Å². The number of guanidine groups is 1. The van der Waals surface area contributed by atoms with Gasteiger partial charge in [-0.15, -0.1) is 13.2 Å². The maximum absolute atomic E-state index is 12.6. The molecule has 0 fully saturated rings. The lowest BCUT2D eigenvalue weighted by atomic mass is 10.1. The predicted molar refractivity (Wildman–Crippen MR) is 111 cm³/mol. The number of nitrogens with zero attached hydrogens (tertiary/aromatic N) is 1. The van der Waals surface area contributed by atoms with Crippen molar-refractivity contribution in [1.29, 1.82) is 0 Å². The molecule has 31 heavy (non-hydrogen) atoms. The van der Waals surface area contributed by atoms with Crippen LogP contribution in [0.25, 0.3) is 0 Å². The second-order valence-electron chi connectivity index (χ2n) is 6.20. The second kappa shape index (κ2) is 11.2. The second-order valence-corrected chi connectivity index (χ2v) is 6.20. The first-order valence-corrected chi connectivity index (χ1v) is 9.46. The first kappa shape index (κ1) is 24.0. The Labute approximate surface area is 179 Å². The van der Waals surface area contributed by atoms with Gasteiger partial charge in [-0.2, -0.15) is 0 Å². The summed E-state index contributed by atoms with van der Waals surface area (Å²) in [6.07, 6.45) is -4.77. The normalized spacial score (nSPS) is 11.6. The maximum atomic E-state index is 12.6. The Bertz CT molecular complexity index is 889. The molecule has 0 amide bonds. The van der Waals surface area contributed by atoms with Gasteiger partial charge >= 0.3 is 6.36 Å². The first-order chi connectivity index (χ1) is 14.8. The number of alkyl halides is 3. The molecule has 10 heteroatoms. The van der Waals surface area contributed by atoms with Gasteiger partial charge in [-0.25, -0.2) is 4.99 Å². The molecule has 0 aromatic heterocycles. The largest absolute Gasteiger partial charge is 0.573 e. The smallest absolute Gasteiger partial charge is 0.493 e. The molecule has 0 atom stereocenters. The Balaban J connectivity index is 2.19. The van der Waals surface area contributed by atoms with Crippen LogP contribution in [0.5, 0.6) is 23.0 Å². The van der Waals surface area contributed by atoms with Crippen LogP contribution in [-0.2, 0) is 13.1 Å². The minimum absolute atomic E-state index is 0.0845. The summed E-state index contributed by atoms with van der Waals surface area (Å²) in [5.41, 5.74) is 1.09. The van der Waals surface area contributed by atoms with Gasteiger partial charge in [0.2, 0.25) is 5.75 Å². The van der Waals surface area contributed by atoms with Crippen LogP contribution in [0.1, 0.15) is 18.1 Å². The van der Waals surface area contributed by atoms with E-state index >= 15 is 0 Å². The van der Waals surface area contributed by atoms with Crippen LogP contribution in [0.2, 0.25) is 0 Å². The van der Waals surface area contributed by atoms with Crippen molar-refractivity contribution in [3.05, 3.63) is 47.5 Å². The highest BCUT2D eigenvalue weighted by Gasteiger charge is 2.31. The van der Waals surface area contributed by atoms with E-state index in [1.54, 1.807) is 24.3 Å². The summed E-state index contributed by atoms with van der Waals surface area (Å²) in [4.78, 5) is 4.50. The van der Waals surface area contributed by atoms with Crippen molar-refractivity contribution in [2.45, 2.75) is 26.4 Å². The van der Waals surface area contributed by atoms with Crippen LogP contribution in [0.3, 0.4) is 0 Å². The number of nitrogens with one attached hydrogen (secondary N) is 2. The lowest BCUT2D eigenvalue weighted by Crippen LogP contribution is -2.37. The number of ether oxygens (including phenoxy) is 4. The van der Waals surface area contributed by atoms with Crippen LogP contribution in [-0.4, -0.2) is 40.2 Å². The molecular formula is C21H26F3N3O4. The zero-order chi connectivity index (χ0) is 22.9. The molecule has 0 saturated carbocycles. The number of benzene rings is 2. The van der Waals surface area contributed by atoms with E-state index in [-0.39, 0.29) is 18.8 Å². The fourth-order valence-corrected chi connectivity index (χ4v) is 2.85. The summed E-state index contributed by atoms with van der Waals surface area (Å²) in [6, 6.07) is 9.49. The average molecular weight is 441 g/mol. The van der Waals surface area contributed by atoms with E-state index in [0.29, 0.717) is 35.3 Å². The Morgan fingerprint density at radius 1 is 0.871 bits per heavy atom. The highest BCUT2D eigenvalue weighted by Crippen LogP contribution is 2.40. The Morgan fingerprint density at radius 2 is 1.58 bits per heavy atom. The summed E-state index contributed by atoms with van der Waals surface area (Å²) in [5.74, 6) is 1.62. The van der Waals surface area contributed by atoms with Crippen molar-refractivity contribution in [2.75, 3.05) is 27.9 Å². The minimum Gasteiger partial charge on any atom is -0.493 e. The van der Waals surface area contributed by atoms with E-state index in [1.165, 1.54) is 33.5 Å². The molecule has 0 spiro atoms. The zero-order valence-corrected chi connectivity index (χ0v) is 17.8. The van der Waals surface area contributed by atoms with E-state index in [0.717, 1.165) is 5.56 Å². The summed E-state index contributed by atoms with van der Waals surface area (Å²) in [5, 5.41) is 6.08. The van der Waals surface area contributed by atoms with Gasteiger partial charge in [-0.3, -0.25) is 0 Å². The highest BCUT2D eigenvalue weighted by atomic mass is 19.4. The lowest BCUT2D eigenvalue weighted by Gasteiger charge is -2.17. The molecule has 0 radical (unpaired) electrons. The summed E-state index contributed by atoms with van der Waals surface area (Å²) in [6.45, 7) is 2.77. The van der Waals surface area contributed by atoms with Gasteiger partial charge in [0, 0.05) is 24.2 Å². The molecule has 2 N–H and O–H groups in total. The SMILES string of the molecule is CCNC(=NCc1ccc(OC)c(OC)c1OC)NCc1ccccc1OC(F)(F)F. The molecule has 2 aromatic rings. The third kappa shape index (κ3) is 6.87. The number of hydrogen-bond donors (Lipinski definition) is 2. The Hall–Kier alpha value is -3.30. The number of methoxy groups -OCH3 is 3. The van der Waals surface area contributed by atoms with Crippen molar-refractivity contribution < 1.29 is 32.1 Å². The van der Waals surface area contributed by atoms with Crippen molar-refractivity contribution in [3.8, 4) is 23.0 Å². The number of hydrogen-bond acceptors (Lipinski definition) is 5. The molecular weight excluding hydrogens is 415 g/mol. The first-order valence-electron chi connectivity index (χ1n) is 9.46. The predicted octanol–water partition coefficient (Wildman–Crippen LogP) is 3.87. The molecule has 2 rings (SSSR count). The van der Waals surface area contributed by atoms with Gasteiger partial charge in [0.05, 0.1) is 27.9 Å². The van der Waals surface area contributed by atoms with Crippen LogP contribution < -0.4 is 29.6 Å². The van der Waals surface area contributed by atoms with E-state index in [9.17, 15) is 13.2 Å². The molecule has 0 heterocycles. The van der Waals surface area contributed by atoms with Crippen molar-refractivity contribution in [2.24, 2.45) is 4.99 Å². The van der Waals surface area contributed by atoms with Gasteiger partial charge in [-0.05, 0) is 25.1 Å². The van der Waals surface area contributed by atoms with Gasteiger partial charge in [0.15, 0.2) is 17.5 Å². The highest BCUT2D eigenvalue weighted by molar-refractivity contribution is 5.79. The van der Waals surface area contributed by atoms with Gasteiger partial charge in [0.25, 0.3) is 0 Å². The average Bonchev–Trinajstić information content (AvgIpc) is 2.74. The van der Waals surface area contributed by atoms with Crippen molar-refractivity contribution in [1.82, 2.24) is 10.6 Å². The van der Waals surface area contributed by atoms with E-state index in [2.05, 4.69) is 20.4 Å². The number of para-hydroxylation sites is 1. The van der Waals surface area contributed by atoms with Gasteiger partial charge in [0.1, 0.15) is 5.75 Å². The molecule has 0 bridgehead atoms. The van der Waals surface area contributed by atoms with Gasteiger partial charge in [-0.1, -0.05) is 18.2 Å². The van der Waals surface area contributed by atoms with Crippen LogP contribution in [0.15, 0.2) is 41.4 Å². The standard InChI is InChI=1S/C21H26F3N3O4/c1-5-25-20(26-12-14-8-6-7-9-16(14)31-21(22,23)24)27-13-15-10-11-17(28-2)19(30-4)18(15)29-3/h6-11H,5,12-13H2,1-4H3,(H2,25,26,27). The molecule has 0 saturated heterocycles.